The predicted molar refractivity (Wildman–Crippen MR) is 103 cm³/mol. The number of aliphatic hydroxyl groups excluding tert-OH is 3. The summed E-state index contributed by atoms with van der Waals surface area (Å²) in [5, 5.41) is 32.7. The third kappa shape index (κ3) is 3.32. The van der Waals surface area contributed by atoms with Crippen molar-refractivity contribution in [1.29, 1.82) is 0 Å². The maximum absolute atomic E-state index is 12.1. The second kappa shape index (κ2) is 7.15. The maximum Gasteiger partial charge on any atom is 0.175 e. The number of benzene rings is 1. The van der Waals surface area contributed by atoms with Crippen LogP contribution in [0.1, 0.15) is 23.6 Å². The van der Waals surface area contributed by atoms with Gasteiger partial charge in [0, 0.05) is 23.4 Å². The fourth-order valence-electron chi connectivity index (χ4n) is 3.72. The number of aliphatic hydroxyl groups is 3. The van der Waals surface area contributed by atoms with Crippen molar-refractivity contribution >= 4 is 20.9 Å². The number of fused-ring (bicyclic) bond motifs is 1. The Labute approximate surface area is 167 Å². The van der Waals surface area contributed by atoms with Crippen molar-refractivity contribution in [2.45, 2.75) is 42.5 Å². The molecule has 0 spiro atoms. The molecular weight excluding hydrogens is 398 g/mol. The van der Waals surface area contributed by atoms with E-state index in [2.05, 4.69) is 9.97 Å². The molecule has 0 bridgehead atoms. The van der Waals surface area contributed by atoms with Crippen LogP contribution in [0.2, 0.25) is 0 Å². The summed E-state index contributed by atoms with van der Waals surface area (Å²) in [4.78, 5) is 8.28. The largest absolute Gasteiger partial charge is 0.387 e. The SMILES string of the molecule is Cc1ncnc2c1ccn2C1OC(C(O)c2ccccc2S(C)(=O)=O)C(O)C1O. The summed E-state index contributed by atoms with van der Waals surface area (Å²) in [5.41, 5.74) is 1.36. The van der Waals surface area contributed by atoms with Gasteiger partial charge in [0.1, 0.15) is 36.4 Å². The molecule has 3 heterocycles. The van der Waals surface area contributed by atoms with E-state index >= 15 is 0 Å². The first kappa shape index (κ1) is 19.9. The highest BCUT2D eigenvalue weighted by Crippen LogP contribution is 2.38. The van der Waals surface area contributed by atoms with Gasteiger partial charge in [-0.3, -0.25) is 0 Å². The minimum Gasteiger partial charge on any atom is -0.387 e. The van der Waals surface area contributed by atoms with Gasteiger partial charge in [-0.25, -0.2) is 18.4 Å². The van der Waals surface area contributed by atoms with Gasteiger partial charge in [0.15, 0.2) is 16.1 Å². The molecule has 1 aromatic carbocycles. The second-order valence-corrected chi connectivity index (χ2v) is 9.13. The van der Waals surface area contributed by atoms with Crippen LogP contribution < -0.4 is 0 Å². The van der Waals surface area contributed by atoms with Crippen LogP contribution in [0.5, 0.6) is 0 Å². The summed E-state index contributed by atoms with van der Waals surface area (Å²) in [5.74, 6) is 0. The normalized spacial score (nSPS) is 26.1. The van der Waals surface area contributed by atoms with Crippen molar-refractivity contribution in [1.82, 2.24) is 14.5 Å². The molecule has 1 aliphatic rings. The van der Waals surface area contributed by atoms with Gasteiger partial charge in [-0.15, -0.1) is 0 Å². The Bertz CT molecular complexity index is 1160. The zero-order valence-electron chi connectivity index (χ0n) is 15.7. The highest BCUT2D eigenvalue weighted by atomic mass is 32.2. The molecule has 1 aliphatic heterocycles. The van der Waals surface area contributed by atoms with Gasteiger partial charge in [0.25, 0.3) is 0 Å². The predicted octanol–water partition coefficient (Wildman–Crippen LogP) is 0.496. The summed E-state index contributed by atoms with van der Waals surface area (Å²) < 4.78 is 31.5. The highest BCUT2D eigenvalue weighted by Gasteiger charge is 2.48. The van der Waals surface area contributed by atoms with Crippen LogP contribution in [0.25, 0.3) is 11.0 Å². The second-order valence-electron chi connectivity index (χ2n) is 7.15. The number of nitrogens with zero attached hydrogens (tertiary/aromatic N) is 3. The quantitative estimate of drug-likeness (QED) is 0.556. The molecule has 2 aromatic heterocycles. The summed E-state index contributed by atoms with van der Waals surface area (Å²) in [6.07, 6.45) is -2.43. The van der Waals surface area contributed by atoms with E-state index in [4.69, 9.17) is 4.74 Å². The van der Waals surface area contributed by atoms with Gasteiger partial charge in [0.2, 0.25) is 0 Å². The van der Waals surface area contributed by atoms with E-state index in [1.54, 1.807) is 29.0 Å². The first-order valence-corrected chi connectivity index (χ1v) is 10.9. The standard InChI is InChI=1S/C19H21N3O6S/c1-10-11-7-8-22(18(11)21-9-20-10)19-16(25)15(24)17(28-19)14(23)12-5-3-4-6-13(12)29(2,26)27/h3-9,14-17,19,23-25H,1-2H3. The maximum atomic E-state index is 12.1. The lowest BCUT2D eigenvalue weighted by atomic mass is 9.99. The Morgan fingerprint density at radius 3 is 2.59 bits per heavy atom. The molecule has 3 aromatic rings. The monoisotopic (exact) mass is 419 g/mol. The van der Waals surface area contributed by atoms with Gasteiger partial charge in [-0.2, -0.15) is 0 Å². The molecule has 3 N–H and O–H groups in total. The van der Waals surface area contributed by atoms with Crippen LogP contribution in [-0.4, -0.2) is 62.8 Å². The number of aryl methyl sites for hydroxylation is 1. The van der Waals surface area contributed by atoms with E-state index in [1.807, 2.05) is 6.92 Å². The first-order valence-electron chi connectivity index (χ1n) is 8.97. The van der Waals surface area contributed by atoms with Crippen molar-refractivity contribution in [2.75, 3.05) is 6.26 Å². The van der Waals surface area contributed by atoms with Crippen molar-refractivity contribution in [3.63, 3.8) is 0 Å². The number of ether oxygens (including phenoxy) is 1. The fraction of sp³-hybridized carbons (Fsp3) is 0.368. The van der Waals surface area contributed by atoms with Crippen molar-refractivity contribution in [3.05, 3.63) is 54.1 Å². The summed E-state index contributed by atoms with van der Waals surface area (Å²) >= 11 is 0. The molecule has 1 fully saturated rings. The van der Waals surface area contributed by atoms with E-state index < -0.39 is 40.5 Å². The van der Waals surface area contributed by atoms with Crippen LogP contribution in [0.3, 0.4) is 0 Å². The van der Waals surface area contributed by atoms with Crippen molar-refractivity contribution < 1.29 is 28.5 Å². The van der Waals surface area contributed by atoms with Gasteiger partial charge in [-0.1, -0.05) is 18.2 Å². The number of aromatic nitrogens is 3. The number of sulfone groups is 1. The smallest absolute Gasteiger partial charge is 0.175 e. The number of hydrogen-bond acceptors (Lipinski definition) is 8. The molecule has 154 valence electrons. The number of hydrogen-bond donors (Lipinski definition) is 3. The lowest BCUT2D eigenvalue weighted by molar-refractivity contribution is -0.0855. The number of rotatable bonds is 4. The van der Waals surface area contributed by atoms with Gasteiger partial charge >= 0.3 is 0 Å². The van der Waals surface area contributed by atoms with Gasteiger partial charge in [0.05, 0.1) is 10.6 Å². The Kier molecular flexibility index (Phi) is 4.91. The Balaban J connectivity index is 1.70. The topological polar surface area (TPSA) is 135 Å². The van der Waals surface area contributed by atoms with Crippen molar-refractivity contribution in [2.24, 2.45) is 0 Å². The van der Waals surface area contributed by atoms with Crippen LogP contribution in [0.15, 0.2) is 47.8 Å². The summed E-state index contributed by atoms with van der Waals surface area (Å²) in [6, 6.07) is 7.74. The van der Waals surface area contributed by atoms with Gasteiger partial charge < -0.3 is 24.6 Å². The van der Waals surface area contributed by atoms with Crippen LogP contribution >= 0.6 is 0 Å². The van der Waals surface area contributed by atoms with Crippen LogP contribution in [0, 0.1) is 6.92 Å². The highest BCUT2D eigenvalue weighted by molar-refractivity contribution is 7.90. The molecule has 5 unspecified atom stereocenters. The first-order chi connectivity index (χ1) is 13.7. The molecule has 0 amide bonds. The molecule has 29 heavy (non-hydrogen) atoms. The molecule has 4 rings (SSSR count). The summed E-state index contributed by atoms with van der Waals surface area (Å²) in [7, 11) is -3.61. The minimum atomic E-state index is -3.61. The van der Waals surface area contributed by atoms with E-state index in [0.29, 0.717) is 5.65 Å². The molecule has 10 heteroatoms. The third-order valence-electron chi connectivity index (χ3n) is 5.21. The molecule has 0 saturated carbocycles. The Morgan fingerprint density at radius 1 is 1.14 bits per heavy atom. The van der Waals surface area contributed by atoms with Crippen molar-refractivity contribution in [3.8, 4) is 0 Å². The van der Waals surface area contributed by atoms with Crippen LogP contribution in [0.4, 0.5) is 0 Å². The average molecular weight is 419 g/mol. The fourth-order valence-corrected chi connectivity index (χ4v) is 4.66. The zero-order chi connectivity index (χ0) is 20.9. The van der Waals surface area contributed by atoms with Gasteiger partial charge in [-0.05, 0) is 19.1 Å². The third-order valence-corrected chi connectivity index (χ3v) is 6.38. The Hall–Kier alpha value is -2.37. The van der Waals surface area contributed by atoms with E-state index in [1.165, 1.54) is 18.5 Å². The lowest BCUT2D eigenvalue weighted by Gasteiger charge is -2.23. The summed E-state index contributed by atoms with van der Waals surface area (Å²) in [6.45, 7) is 1.82. The minimum absolute atomic E-state index is 0.0592. The van der Waals surface area contributed by atoms with E-state index in [0.717, 1.165) is 17.3 Å². The van der Waals surface area contributed by atoms with E-state index in [-0.39, 0.29) is 10.5 Å². The molecule has 0 radical (unpaired) electrons. The molecule has 0 aliphatic carbocycles. The molecule has 9 nitrogen and oxygen atoms in total. The average Bonchev–Trinajstić information content (AvgIpc) is 3.23. The molecular formula is C19H21N3O6S. The molecule has 1 saturated heterocycles. The Morgan fingerprint density at radius 2 is 1.86 bits per heavy atom. The van der Waals surface area contributed by atoms with E-state index in [9.17, 15) is 23.7 Å². The molecule has 5 atom stereocenters. The lowest BCUT2D eigenvalue weighted by Crippen LogP contribution is -2.35. The zero-order valence-corrected chi connectivity index (χ0v) is 16.6. The van der Waals surface area contributed by atoms with Crippen LogP contribution in [-0.2, 0) is 14.6 Å².